The molecule has 1 unspecified atom stereocenters. The summed E-state index contributed by atoms with van der Waals surface area (Å²) in [5.74, 6) is 2.73. The number of piperidine rings is 1. The van der Waals surface area contributed by atoms with E-state index in [9.17, 15) is 0 Å². The molecule has 0 radical (unpaired) electrons. The van der Waals surface area contributed by atoms with Crippen molar-refractivity contribution >= 4 is 0 Å². The fourth-order valence-corrected chi connectivity index (χ4v) is 3.67. The van der Waals surface area contributed by atoms with Crippen molar-refractivity contribution in [3.8, 4) is 17.2 Å². The molecule has 2 aliphatic rings. The molecule has 3 N–H and O–H groups in total. The fourth-order valence-electron chi connectivity index (χ4n) is 3.67. The summed E-state index contributed by atoms with van der Waals surface area (Å²) in [6, 6.07) is 4.06. The zero-order chi connectivity index (χ0) is 19.1. The molecule has 1 atom stereocenters. The van der Waals surface area contributed by atoms with Crippen molar-refractivity contribution in [1.82, 2.24) is 16.0 Å². The van der Waals surface area contributed by atoms with Gasteiger partial charge in [0.1, 0.15) is 0 Å². The van der Waals surface area contributed by atoms with Gasteiger partial charge in [-0.25, -0.2) is 0 Å². The molecule has 1 fully saturated rings. The van der Waals surface area contributed by atoms with E-state index in [0.717, 1.165) is 37.7 Å². The zero-order valence-electron chi connectivity index (χ0n) is 16.5. The van der Waals surface area contributed by atoms with Gasteiger partial charge in [0.15, 0.2) is 11.5 Å². The Hall–Kier alpha value is -2.18. The van der Waals surface area contributed by atoms with Crippen LogP contribution in [0.25, 0.3) is 0 Å². The number of benzene rings is 1. The molecule has 0 aromatic heterocycles. The van der Waals surface area contributed by atoms with Gasteiger partial charge >= 0.3 is 0 Å². The molecule has 1 saturated heterocycles. The molecule has 0 saturated carbocycles. The molecule has 0 bridgehead atoms. The van der Waals surface area contributed by atoms with E-state index < -0.39 is 0 Å². The Balaban J connectivity index is 1.67. The highest BCUT2D eigenvalue weighted by atomic mass is 16.5. The van der Waals surface area contributed by atoms with Crippen molar-refractivity contribution in [3.63, 3.8) is 0 Å². The van der Waals surface area contributed by atoms with Gasteiger partial charge in [-0.2, -0.15) is 0 Å². The topological polar surface area (TPSA) is 63.8 Å². The highest BCUT2D eigenvalue weighted by Gasteiger charge is 2.19. The lowest BCUT2D eigenvalue weighted by Crippen LogP contribution is -2.34. The molecule has 0 spiro atoms. The smallest absolute Gasteiger partial charge is 0.203 e. The molecule has 1 aromatic rings. The molecular formula is C21H31N3O3. The summed E-state index contributed by atoms with van der Waals surface area (Å²) in [5.41, 5.74) is 2.35. The summed E-state index contributed by atoms with van der Waals surface area (Å²) < 4.78 is 16.4. The number of dihydropyridines is 1. The zero-order valence-corrected chi connectivity index (χ0v) is 16.5. The molecule has 0 aliphatic carbocycles. The van der Waals surface area contributed by atoms with Gasteiger partial charge in [-0.1, -0.05) is 6.08 Å². The van der Waals surface area contributed by atoms with E-state index in [2.05, 4.69) is 28.1 Å². The first kappa shape index (κ1) is 19.6. The lowest BCUT2D eigenvalue weighted by atomic mass is 9.97. The van der Waals surface area contributed by atoms with Crippen molar-refractivity contribution in [2.24, 2.45) is 5.92 Å². The van der Waals surface area contributed by atoms with Gasteiger partial charge < -0.3 is 30.2 Å². The predicted molar refractivity (Wildman–Crippen MR) is 108 cm³/mol. The van der Waals surface area contributed by atoms with Crippen LogP contribution in [0, 0.1) is 5.92 Å². The average molecular weight is 373 g/mol. The summed E-state index contributed by atoms with van der Waals surface area (Å²) in [6.07, 6.45) is 8.91. The first-order chi connectivity index (χ1) is 13.2. The Bertz CT molecular complexity index is 656. The average Bonchev–Trinajstić information content (AvgIpc) is 2.73. The molecule has 3 rings (SSSR count). The minimum Gasteiger partial charge on any atom is -0.493 e. The molecule has 6 nitrogen and oxygen atoms in total. The van der Waals surface area contributed by atoms with Crippen molar-refractivity contribution in [3.05, 3.63) is 41.6 Å². The fraction of sp³-hybridized carbons (Fsp3) is 0.524. The van der Waals surface area contributed by atoms with Crippen LogP contribution in [-0.4, -0.2) is 47.5 Å². The molecule has 2 heterocycles. The monoisotopic (exact) mass is 373 g/mol. The number of hydrogen-bond acceptors (Lipinski definition) is 6. The Morgan fingerprint density at radius 2 is 1.74 bits per heavy atom. The Morgan fingerprint density at radius 3 is 2.37 bits per heavy atom. The summed E-state index contributed by atoms with van der Waals surface area (Å²) in [5, 5.41) is 10.4. The maximum absolute atomic E-state index is 5.48. The van der Waals surface area contributed by atoms with Crippen LogP contribution in [0.3, 0.4) is 0 Å². The SMILES string of the molecule is COc1cc(C2C=C(CNCC3CCNCC3)C=CN2)cc(OC)c1OC. The second kappa shape index (κ2) is 9.67. The third-order valence-corrected chi connectivity index (χ3v) is 5.22. The van der Waals surface area contributed by atoms with Gasteiger partial charge in [-0.15, -0.1) is 0 Å². The van der Waals surface area contributed by atoms with Crippen molar-refractivity contribution in [2.75, 3.05) is 47.5 Å². The van der Waals surface area contributed by atoms with Crippen LogP contribution >= 0.6 is 0 Å². The lowest BCUT2D eigenvalue weighted by molar-refractivity contribution is 0.323. The van der Waals surface area contributed by atoms with E-state index in [1.807, 2.05) is 18.3 Å². The maximum atomic E-state index is 5.48. The minimum atomic E-state index is 0.0689. The maximum Gasteiger partial charge on any atom is 0.203 e. The minimum absolute atomic E-state index is 0.0689. The van der Waals surface area contributed by atoms with Crippen LogP contribution in [0.1, 0.15) is 24.4 Å². The van der Waals surface area contributed by atoms with E-state index >= 15 is 0 Å². The molecule has 0 amide bonds. The first-order valence-corrected chi connectivity index (χ1v) is 9.59. The summed E-state index contributed by atoms with van der Waals surface area (Å²) >= 11 is 0. The van der Waals surface area contributed by atoms with Crippen molar-refractivity contribution in [1.29, 1.82) is 0 Å². The second-order valence-corrected chi connectivity index (χ2v) is 7.00. The lowest BCUT2D eigenvalue weighted by Gasteiger charge is -2.24. The standard InChI is InChI=1S/C21H31N3O3/c1-25-19-11-17(12-20(26-2)21(19)27-3)18-10-16(6-9-24-18)14-23-13-15-4-7-22-8-5-15/h6,9-12,15,18,22-24H,4-5,7-8,13-14H2,1-3H3. The normalized spacial score (nSPS) is 20.0. The number of hydrogen-bond donors (Lipinski definition) is 3. The van der Waals surface area contributed by atoms with Gasteiger partial charge in [-0.05, 0) is 73.9 Å². The van der Waals surface area contributed by atoms with E-state index in [1.54, 1.807) is 21.3 Å². The van der Waals surface area contributed by atoms with Gasteiger partial charge in [0, 0.05) is 6.54 Å². The quantitative estimate of drug-likeness (QED) is 0.650. The summed E-state index contributed by atoms with van der Waals surface area (Å²) in [4.78, 5) is 0. The summed E-state index contributed by atoms with van der Waals surface area (Å²) in [7, 11) is 4.90. The molecule has 1 aromatic carbocycles. The Morgan fingerprint density at radius 1 is 1.04 bits per heavy atom. The van der Waals surface area contributed by atoms with Crippen LogP contribution in [0.15, 0.2) is 36.1 Å². The van der Waals surface area contributed by atoms with E-state index in [-0.39, 0.29) is 6.04 Å². The Labute approximate surface area is 162 Å². The molecule has 2 aliphatic heterocycles. The number of methoxy groups -OCH3 is 3. The molecule has 27 heavy (non-hydrogen) atoms. The number of rotatable bonds is 8. The molecule has 6 heteroatoms. The highest BCUT2D eigenvalue weighted by Crippen LogP contribution is 2.40. The van der Waals surface area contributed by atoms with Gasteiger partial charge in [0.2, 0.25) is 5.75 Å². The van der Waals surface area contributed by atoms with Crippen molar-refractivity contribution in [2.45, 2.75) is 18.9 Å². The van der Waals surface area contributed by atoms with E-state index in [1.165, 1.54) is 18.4 Å². The van der Waals surface area contributed by atoms with Crippen LogP contribution in [0.2, 0.25) is 0 Å². The third-order valence-electron chi connectivity index (χ3n) is 5.22. The molecular weight excluding hydrogens is 342 g/mol. The highest BCUT2D eigenvalue weighted by molar-refractivity contribution is 5.55. The van der Waals surface area contributed by atoms with Gasteiger partial charge in [0.25, 0.3) is 0 Å². The van der Waals surface area contributed by atoms with Crippen LogP contribution in [0.4, 0.5) is 0 Å². The van der Waals surface area contributed by atoms with Gasteiger partial charge in [0.05, 0.1) is 27.4 Å². The van der Waals surface area contributed by atoms with Crippen LogP contribution < -0.4 is 30.2 Å². The van der Waals surface area contributed by atoms with E-state index in [0.29, 0.717) is 17.2 Å². The predicted octanol–water partition coefficient (Wildman–Crippen LogP) is 2.39. The second-order valence-electron chi connectivity index (χ2n) is 7.00. The van der Waals surface area contributed by atoms with Crippen molar-refractivity contribution < 1.29 is 14.2 Å². The first-order valence-electron chi connectivity index (χ1n) is 9.59. The molecule has 148 valence electrons. The third kappa shape index (κ3) is 4.96. The van der Waals surface area contributed by atoms with Crippen LogP contribution in [-0.2, 0) is 0 Å². The van der Waals surface area contributed by atoms with E-state index in [4.69, 9.17) is 14.2 Å². The number of nitrogens with one attached hydrogen (secondary N) is 3. The Kier molecular flexibility index (Phi) is 7.01. The summed E-state index contributed by atoms with van der Waals surface area (Å²) in [6.45, 7) is 4.24. The number of ether oxygens (including phenoxy) is 3. The van der Waals surface area contributed by atoms with Crippen LogP contribution in [0.5, 0.6) is 17.2 Å². The largest absolute Gasteiger partial charge is 0.493 e. The van der Waals surface area contributed by atoms with Gasteiger partial charge in [-0.3, -0.25) is 0 Å².